The van der Waals surface area contributed by atoms with E-state index in [2.05, 4.69) is 5.10 Å². The lowest BCUT2D eigenvalue weighted by molar-refractivity contribution is 0.612. The minimum Gasteiger partial charge on any atom is -0.327 e. The third-order valence-corrected chi connectivity index (χ3v) is 4.02. The van der Waals surface area contributed by atoms with Gasteiger partial charge in [0.25, 0.3) is 0 Å². The Morgan fingerprint density at radius 1 is 1.26 bits per heavy atom. The lowest BCUT2D eigenvalue weighted by Gasteiger charge is -2.13. The van der Waals surface area contributed by atoms with Crippen LogP contribution in [0.5, 0.6) is 0 Å². The Kier molecular flexibility index (Phi) is 4.50. The van der Waals surface area contributed by atoms with Crippen molar-refractivity contribution in [3.8, 4) is 0 Å². The van der Waals surface area contributed by atoms with E-state index in [1.807, 2.05) is 38.2 Å². The van der Waals surface area contributed by atoms with Crippen molar-refractivity contribution in [1.29, 1.82) is 0 Å². The zero-order chi connectivity index (χ0) is 14.0. The van der Waals surface area contributed by atoms with Crippen molar-refractivity contribution in [3.05, 3.63) is 51.3 Å². The van der Waals surface area contributed by atoms with Crippen LogP contribution < -0.4 is 5.73 Å². The van der Waals surface area contributed by atoms with E-state index in [4.69, 9.17) is 28.9 Å². The third kappa shape index (κ3) is 3.30. The van der Waals surface area contributed by atoms with Gasteiger partial charge < -0.3 is 5.73 Å². The van der Waals surface area contributed by atoms with E-state index in [0.29, 0.717) is 11.4 Å². The molecule has 1 heterocycles. The van der Waals surface area contributed by atoms with Gasteiger partial charge in [0, 0.05) is 24.5 Å². The number of rotatable bonds is 4. The standard InChI is InChI=1S/C14H17Cl2N3/c1-9-14(16)13(19(2)18-9)8-11(17)7-10-5-3-4-6-12(10)15/h3-6,11H,7-8,17H2,1-2H3. The molecular weight excluding hydrogens is 281 g/mol. The molecule has 5 heteroatoms. The van der Waals surface area contributed by atoms with Crippen molar-refractivity contribution in [1.82, 2.24) is 9.78 Å². The van der Waals surface area contributed by atoms with Crippen LogP contribution in [0.4, 0.5) is 0 Å². The number of aryl methyl sites for hydroxylation is 2. The van der Waals surface area contributed by atoms with Crippen molar-refractivity contribution in [2.45, 2.75) is 25.8 Å². The highest BCUT2D eigenvalue weighted by Crippen LogP contribution is 2.22. The van der Waals surface area contributed by atoms with Crippen LogP contribution in [0.2, 0.25) is 10.0 Å². The molecule has 0 radical (unpaired) electrons. The second-order valence-electron chi connectivity index (χ2n) is 4.73. The van der Waals surface area contributed by atoms with E-state index in [1.54, 1.807) is 4.68 Å². The summed E-state index contributed by atoms with van der Waals surface area (Å²) in [5, 5.41) is 5.75. The lowest BCUT2D eigenvalue weighted by atomic mass is 10.0. The summed E-state index contributed by atoms with van der Waals surface area (Å²) in [7, 11) is 1.89. The predicted octanol–water partition coefficient (Wildman–Crippen LogP) is 3.15. The molecule has 0 aliphatic carbocycles. The number of hydrogen-bond donors (Lipinski definition) is 1. The predicted molar refractivity (Wildman–Crippen MR) is 79.8 cm³/mol. The maximum atomic E-state index is 6.23. The van der Waals surface area contributed by atoms with Crippen LogP contribution in [0.15, 0.2) is 24.3 Å². The zero-order valence-electron chi connectivity index (χ0n) is 11.0. The molecule has 2 rings (SSSR count). The zero-order valence-corrected chi connectivity index (χ0v) is 12.5. The van der Waals surface area contributed by atoms with Gasteiger partial charge in [-0.05, 0) is 25.0 Å². The molecule has 0 spiro atoms. The molecule has 1 aromatic carbocycles. The second kappa shape index (κ2) is 5.95. The van der Waals surface area contributed by atoms with Crippen LogP contribution >= 0.6 is 23.2 Å². The highest BCUT2D eigenvalue weighted by Gasteiger charge is 2.15. The fraction of sp³-hybridized carbons (Fsp3) is 0.357. The first-order chi connectivity index (χ1) is 8.99. The Balaban J connectivity index is 2.10. The molecule has 0 saturated heterocycles. The van der Waals surface area contributed by atoms with E-state index in [1.165, 1.54) is 0 Å². The molecule has 0 bridgehead atoms. The molecule has 0 amide bonds. The van der Waals surface area contributed by atoms with Crippen molar-refractivity contribution in [3.63, 3.8) is 0 Å². The van der Waals surface area contributed by atoms with Crippen LogP contribution in [-0.4, -0.2) is 15.8 Å². The van der Waals surface area contributed by atoms with Crippen molar-refractivity contribution in [2.75, 3.05) is 0 Å². The molecule has 2 N–H and O–H groups in total. The smallest absolute Gasteiger partial charge is 0.0847 e. The van der Waals surface area contributed by atoms with Gasteiger partial charge in [0.15, 0.2) is 0 Å². The van der Waals surface area contributed by atoms with Gasteiger partial charge in [-0.3, -0.25) is 4.68 Å². The van der Waals surface area contributed by atoms with E-state index in [9.17, 15) is 0 Å². The van der Waals surface area contributed by atoms with E-state index in [-0.39, 0.29) is 6.04 Å². The van der Waals surface area contributed by atoms with Crippen LogP contribution in [0.3, 0.4) is 0 Å². The number of nitrogens with zero attached hydrogens (tertiary/aromatic N) is 2. The van der Waals surface area contributed by atoms with Crippen molar-refractivity contribution < 1.29 is 0 Å². The SMILES string of the molecule is Cc1nn(C)c(CC(N)Cc2ccccc2Cl)c1Cl. The second-order valence-corrected chi connectivity index (χ2v) is 5.51. The van der Waals surface area contributed by atoms with E-state index in [0.717, 1.165) is 28.4 Å². The average Bonchev–Trinajstić information content (AvgIpc) is 2.59. The molecular formula is C14H17Cl2N3. The van der Waals surface area contributed by atoms with Crippen LogP contribution in [-0.2, 0) is 19.9 Å². The van der Waals surface area contributed by atoms with Gasteiger partial charge in [0.2, 0.25) is 0 Å². The van der Waals surface area contributed by atoms with Gasteiger partial charge in [0.1, 0.15) is 0 Å². The molecule has 2 aromatic rings. The summed E-state index contributed by atoms with van der Waals surface area (Å²) >= 11 is 12.4. The first-order valence-corrected chi connectivity index (χ1v) is 6.91. The van der Waals surface area contributed by atoms with Gasteiger partial charge >= 0.3 is 0 Å². The normalized spacial score (nSPS) is 12.7. The summed E-state index contributed by atoms with van der Waals surface area (Å²) in [6, 6.07) is 7.73. The van der Waals surface area contributed by atoms with Gasteiger partial charge in [-0.2, -0.15) is 5.10 Å². The molecule has 19 heavy (non-hydrogen) atoms. The summed E-state index contributed by atoms with van der Waals surface area (Å²) in [6.07, 6.45) is 1.40. The van der Waals surface area contributed by atoms with Crippen LogP contribution in [0.1, 0.15) is 17.0 Å². The lowest BCUT2D eigenvalue weighted by Crippen LogP contribution is -2.26. The van der Waals surface area contributed by atoms with Gasteiger partial charge in [0.05, 0.1) is 16.4 Å². The topological polar surface area (TPSA) is 43.8 Å². The van der Waals surface area contributed by atoms with Crippen molar-refractivity contribution in [2.24, 2.45) is 12.8 Å². The number of hydrogen-bond acceptors (Lipinski definition) is 2. The Hall–Kier alpha value is -1.03. The summed E-state index contributed by atoms with van der Waals surface area (Å²) in [5.41, 5.74) is 9.07. The summed E-state index contributed by atoms with van der Waals surface area (Å²) in [4.78, 5) is 0. The van der Waals surface area contributed by atoms with E-state index >= 15 is 0 Å². The van der Waals surface area contributed by atoms with Crippen LogP contribution in [0.25, 0.3) is 0 Å². The summed E-state index contributed by atoms with van der Waals surface area (Å²) in [5.74, 6) is 0. The Bertz CT molecular complexity index is 578. The van der Waals surface area contributed by atoms with E-state index < -0.39 is 0 Å². The number of halogens is 2. The monoisotopic (exact) mass is 297 g/mol. The third-order valence-electron chi connectivity index (χ3n) is 3.16. The Labute approximate surface area is 123 Å². The largest absolute Gasteiger partial charge is 0.327 e. The molecule has 0 aliphatic heterocycles. The first-order valence-electron chi connectivity index (χ1n) is 6.16. The summed E-state index contributed by atoms with van der Waals surface area (Å²) in [6.45, 7) is 1.89. The average molecular weight is 298 g/mol. The molecule has 102 valence electrons. The molecule has 3 nitrogen and oxygen atoms in total. The quantitative estimate of drug-likeness (QED) is 0.942. The minimum atomic E-state index is -0.0350. The molecule has 1 unspecified atom stereocenters. The van der Waals surface area contributed by atoms with Crippen LogP contribution in [0, 0.1) is 6.92 Å². The van der Waals surface area contributed by atoms with Gasteiger partial charge in [-0.1, -0.05) is 41.4 Å². The fourth-order valence-corrected chi connectivity index (χ4v) is 2.62. The minimum absolute atomic E-state index is 0.0350. The van der Waals surface area contributed by atoms with Crippen molar-refractivity contribution >= 4 is 23.2 Å². The molecule has 1 aromatic heterocycles. The highest BCUT2D eigenvalue weighted by atomic mass is 35.5. The van der Waals surface area contributed by atoms with Gasteiger partial charge in [-0.25, -0.2) is 0 Å². The Morgan fingerprint density at radius 2 is 1.95 bits per heavy atom. The number of benzene rings is 1. The maximum Gasteiger partial charge on any atom is 0.0847 e. The summed E-state index contributed by atoms with van der Waals surface area (Å²) < 4.78 is 1.80. The Morgan fingerprint density at radius 3 is 2.53 bits per heavy atom. The van der Waals surface area contributed by atoms with Gasteiger partial charge in [-0.15, -0.1) is 0 Å². The fourth-order valence-electron chi connectivity index (χ4n) is 2.17. The number of aromatic nitrogens is 2. The highest BCUT2D eigenvalue weighted by molar-refractivity contribution is 6.32. The first kappa shape index (κ1) is 14.4. The maximum absolute atomic E-state index is 6.23. The molecule has 0 saturated carbocycles. The molecule has 0 fully saturated rings. The number of nitrogens with two attached hydrogens (primary N) is 1. The molecule has 1 atom stereocenters. The molecule has 0 aliphatic rings.